The molecule has 1 atom stereocenters. The molecule has 0 fully saturated rings. The first-order valence-electron chi connectivity index (χ1n) is 4.01. The molecule has 0 aromatic carbocycles. The van der Waals surface area contributed by atoms with E-state index >= 15 is 0 Å². The summed E-state index contributed by atoms with van der Waals surface area (Å²) >= 11 is 0. The number of carboxylic acid groups (broad SMARTS) is 1. The van der Waals surface area contributed by atoms with Gasteiger partial charge in [0, 0.05) is 0 Å². The molecule has 0 aromatic rings. The number of carbonyl (C=O) groups is 1. The Morgan fingerprint density at radius 3 is 2.43 bits per heavy atom. The second-order valence-corrected chi connectivity index (χ2v) is 3.26. The zero-order chi connectivity index (χ0) is 10.9. The Kier molecular flexibility index (Phi) is 2.64. The molecular formula is C8H10F2O4. The molecule has 1 heterocycles. The van der Waals surface area contributed by atoms with E-state index < -0.39 is 18.2 Å². The number of halogens is 2. The van der Waals surface area contributed by atoms with Gasteiger partial charge in [0.15, 0.2) is 5.76 Å². The first kappa shape index (κ1) is 10.7. The average Bonchev–Trinajstić information content (AvgIpc) is 2.28. The number of hydrogen-bond donors (Lipinski definition) is 1. The summed E-state index contributed by atoms with van der Waals surface area (Å²) in [5.41, 5.74) is 0. The van der Waals surface area contributed by atoms with Gasteiger partial charge in [-0.2, -0.15) is 0 Å². The fourth-order valence-corrected chi connectivity index (χ4v) is 1.18. The van der Waals surface area contributed by atoms with Crippen molar-refractivity contribution < 1.29 is 28.2 Å². The Hall–Kier alpha value is -1.33. The molecule has 6 heteroatoms. The molecule has 1 aliphatic heterocycles. The Morgan fingerprint density at radius 2 is 2.14 bits per heavy atom. The molecule has 80 valence electrons. The van der Waals surface area contributed by atoms with Gasteiger partial charge < -0.3 is 14.6 Å². The van der Waals surface area contributed by atoms with Crippen molar-refractivity contribution in [3.8, 4) is 0 Å². The lowest BCUT2D eigenvalue weighted by Gasteiger charge is -2.16. The van der Waals surface area contributed by atoms with E-state index in [0.29, 0.717) is 6.26 Å². The largest absolute Gasteiger partial charge is 0.585 e. The maximum Gasteiger partial charge on any atom is 0.585 e. The van der Waals surface area contributed by atoms with Gasteiger partial charge in [-0.05, 0) is 5.92 Å². The van der Waals surface area contributed by atoms with Crippen LogP contribution in [-0.4, -0.2) is 17.4 Å². The van der Waals surface area contributed by atoms with Gasteiger partial charge in [0.05, 0.1) is 0 Å². The van der Waals surface area contributed by atoms with Crippen molar-refractivity contribution >= 4 is 5.97 Å². The van der Waals surface area contributed by atoms with Crippen molar-refractivity contribution in [1.82, 2.24) is 0 Å². The van der Waals surface area contributed by atoms with Crippen LogP contribution < -0.4 is 0 Å². The van der Waals surface area contributed by atoms with E-state index in [1.807, 2.05) is 0 Å². The van der Waals surface area contributed by atoms with Crippen LogP contribution in [-0.2, 0) is 14.3 Å². The van der Waals surface area contributed by atoms with E-state index in [9.17, 15) is 13.6 Å². The summed E-state index contributed by atoms with van der Waals surface area (Å²) in [5.74, 6) is -3.02. The fraction of sp³-hybridized carbons (Fsp3) is 0.625. The molecule has 0 aromatic heterocycles. The lowest BCUT2D eigenvalue weighted by Crippen LogP contribution is -2.25. The van der Waals surface area contributed by atoms with Crippen LogP contribution in [0.3, 0.4) is 0 Å². The van der Waals surface area contributed by atoms with Crippen LogP contribution >= 0.6 is 0 Å². The molecule has 0 aliphatic carbocycles. The standard InChI is InChI=1S/C8H10F2O4/c1-4(2)6(7(11)12)5-3-13-8(9,10)14-5/h3-4,6H,1-2H3,(H,11,12). The Balaban J connectivity index is 2.78. The number of rotatable bonds is 3. The average molecular weight is 208 g/mol. The third kappa shape index (κ3) is 2.12. The highest BCUT2D eigenvalue weighted by Gasteiger charge is 2.44. The van der Waals surface area contributed by atoms with Crippen LogP contribution in [0, 0.1) is 11.8 Å². The summed E-state index contributed by atoms with van der Waals surface area (Å²) in [7, 11) is 0. The van der Waals surface area contributed by atoms with Gasteiger partial charge >= 0.3 is 12.3 Å². The first-order chi connectivity index (χ1) is 6.33. The van der Waals surface area contributed by atoms with Gasteiger partial charge in [0.1, 0.15) is 12.2 Å². The van der Waals surface area contributed by atoms with Crippen molar-refractivity contribution in [3.63, 3.8) is 0 Å². The zero-order valence-corrected chi connectivity index (χ0v) is 7.66. The van der Waals surface area contributed by atoms with Crippen molar-refractivity contribution in [2.45, 2.75) is 20.1 Å². The molecule has 1 unspecified atom stereocenters. The molecular weight excluding hydrogens is 198 g/mol. The lowest BCUT2D eigenvalue weighted by atomic mass is 9.94. The molecule has 0 spiro atoms. The second kappa shape index (κ2) is 3.43. The highest BCUT2D eigenvalue weighted by atomic mass is 19.3. The maximum atomic E-state index is 12.4. The SMILES string of the molecule is CC(C)C(C(=O)O)C1=COC(F)(F)O1. The van der Waals surface area contributed by atoms with Crippen molar-refractivity contribution in [3.05, 3.63) is 12.0 Å². The molecule has 4 nitrogen and oxygen atoms in total. The topological polar surface area (TPSA) is 55.8 Å². The monoisotopic (exact) mass is 208 g/mol. The fourth-order valence-electron chi connectivity index (χ4n) is 1.18. The summed E-state index contributed by atoms with van der Waals surface area (Å²) < 4.78 is 32.7. The van der Waals surface area contributed by atoms with Gasteiger partial charge in [0.2, 0.25) is 0 Å². The lowest BCUT2D eigenvalue weighted by molar-refractivity contribution is -0.335. The second-order valence-electron chi connectivity index (χ2n) is 3.26. The highest BCUT2D eigenvalue weighted by Crippen LogP contribution is 2.34. The minimum absolute atomic E-state index is 0.350. The van der Waals surface area contributed by atoms with Crippen LogP contribution in [0.15, 0.2) is 12.0 Å². The predicted molar refractivity (Wildman–Crippen MR) is 41.2 cm³/mol. The van der Waals surface area contributed by atoms with Crippen LogP contribution in [0.2, 0.25) is 0 Å². The van der Waals surface area contributed by atoms with E-state index in [1.165, 1.54) is 0 Å². The molecule has 0 radical (unpaired) electrons. The van der Waals surface area contributed by atoms with Gasteiger partial charge in [-0.15, -0.1) is 8.78 Å². The van der Waals surface area contributed by atoms with Crippen LogP contribution in [0.4, 0.5) is 8.78 Å². The first-order valence-corrected chi connectivity index (χ1v) is 4.01. The molecule has 0 amide bonds. The summed E-state index contributed by atoms with van der Waals surface area (Å²) in [5, 5.41) is 8.75. The minimum atomic E-state index is -3.74. The molecule has 1 rings (SSSR count). The van der Waals surface area contributed by atoms with Crippen molar-refractivity contribution in [2.24, 2.45) is 11.8 Å². The third-order valence-electron chi connectivity index (χ3n) is 1.79. The summed E-state index contributed by atoms with van der Waals surface area (Å²) in [4.78, 5) is 10.7. The molecule has 0 saturated heterocycles. The molecule has 1 aliphatic rings. The smallest absolute Gasteiger partial charge is 0.481 e. The van der Waals surface area contributed by atoms with Gasteiger partial charge in [-0.25, -0.2) is 0 Å². The van der Waals surface area contributed by atoms with Crippen LogP contribution in [0.1, 0.15) is 13.8 Å². The van der Waals surface area contributed by atoms with Gasteiger partial charge in [-0.1, -0.05) is 13.8 Å². The highest BCUT2D eigenvalue weighted by molar-refractivity contribution is 5.73. The van der Waals surface area contributed by atoms with Gasteiger partial charge in [0.25, 0.3) is 0 Å². The molecule has 0 bridgehead atoms. The van der Waals surface area contributed by atoms with Crippen molar-refractivity contribution in [2.75, 3.05) is 0 Å². The number of alkyl halides is 2. The van der Waals surface area contributed by atoms with E-state index in [2.05, 4.69) is 9.47 Å². The van der Waals surface area contributed by atoms with Gasteiger partial charge in [-0.3, -0.25) is 4.79 Å². The quantitative estimate of drug-likeness (QED) is 0.768. The van der Waals surface area contributed by atoms with Crippen LogP contribution in [0.25, 0.3) is 0 Å². The number of carboxylic acids is 1. The maximum absolute atomic E-state index is 12.4. The number of ether oxygens (including phenoxy) is 2. The molecule has 0 saturated carbocycles. The van der Waals surface area contributed by atoms with E-state index in [4.69, 9.17) is 5.11 Å². The Labute approximate surface area is 79.1 Å². The Bertz CT molecular complexity index is 273. The van der Waals surface area contributed by atoms with E-state index in [-0.39, 0.29) is 11.7 Å². The Morgan fingerprint density at radius 1 is 1.57 bits per heavy atom. The summed E-state index contributed by atoms with van der Waals surface area (Å²) in [6, 6.07) is 0. The minimum Gasteiger partial charge on any atom is -0.481 e. The number of aliphatic carboxylic acids is 1. The summed E-state index contributed by atoms with van der Waals surface area (Å²) in [6.07, 6.45) is -3.09. The zero-order valence-electron chi connectivity index (χ0n) is 7.66. The van der Waals surface area contributed by atoms with Crippen LogP contribution in [0.5, 0.6) is 0 Å². The third-order valence-corrected chi connectivity index (χ3v) is 1.79. The molecule has 14 heavy (non-hydrogen) atoms. The predicted octanol–water partition coefficient (Wildman–Crippen LogP) is 1.78. The number of hydrogen-bond acceptors (Lipinski definition) is 3. The molecule has 1 N–H and O–H groups in total. The van der Waals surface area contributed by atoms with Crippen molar-refractivity contribution in [1.29, 1.82) is 0 Å². The normalized spacial score (nSPS) is 21.1. The van der Waals surface area contributed by atoms with E-state index in [0.717, 1.165) is 0 Å². The summed E-state index contributed by atoms with van der Waals surface area (Å²) in [6.45, 7) is 3.19. The van der Waals surface area contributed by atoms with E-state index in [1.54, 1.807) is 13.8 Å².